The van der Waals surface area contributed by atoms with Crippen molar-refractivity contribution in [2.45, 2.75) is 13.0 Å². The number of aromatic carboxylic acids is 1. The van der Waals surface area contributed by atoms with Crippen molar-refractivity contribution in [3.05, 3.63) is 48.2 Å². The molecule has 0 aliphatic carbocycles. The van der Waals surface area contributed by atoms with Crippen LogP contribution >= 0.6 is 0 Å². The van der Waals surface area contributed by atoms with Crippen molar-refractivity contribution in [1.82, 2.24) is 15.0 Å². The topological polar surface area (TPSA) is 88.0 Å². The average molecular weight is 244 g/mol. The normalized spacial score (nSPS) is 11.8. The molecule has 92 valence electrons. The van der Waals surface area contributed by atoms with Crippen molar-refractivity contribution < 1.29 is 9.90 Å². The molecule has 0 spiro atoms. The summed E-state index contributed by atoms with van der Waals surface area (Å²) in [6.45, 7) is 1.91. The quantitative estimate of drug-likeness (QED) is 0.851. The van der Waals surface area contributed by atoms with Gasteiger partial charge in [-0.05, 0) is 18.6 Å². The van der Waals surface area contributed by atoms with Crippen molar-refractivity contribution in [2.24, 2.45) is 0 Å². The van der Waals surface area contributed by atoms with Crippen LogP contribution in [0.3, 0.4) is 0 Å². The zero-order valence-corrected chi connectivity index (χ0v) is 9.74. The fourth-order valence-electron chi connectivity index (χ4n) is 1.52. The van der Waals surface area contributed by atoms with Crippen molar-refractivity contribution in [3.63, 3.8) is 0 Å². The van der Waals surface area contributed by atoms with Crippen LogP contribution in [0.15, 0.2) is 37.1 Å². The van der Waals surface area contributed by atoms with Gasteiger partial charge in [0.05, 0.1) is 6.04 Å². The minimum atomic E-state index is -1.06. The highest BCUT2D eigenvalue weighted by atomic mass is 16.4. The molecule has 2 rings (SSSR count). The Balaban J connectivity index is 2.22. The third-order valence-electron chi connectivity index (χ3n) is 2.48. The van der Waals surface area contributed by atoms with Crippen molar-refractivity contribution in [2.75, 3.05) is 5.32 Å². The molecule has 6 nitrogen and oxygen atoms in total. The number of nitrogens with zero attached hydrogens (tertiary/aromatic N) is 3. The van der Waals surface area contributed by atoms with Crippen LogP contribution in [-0.4, -0.2) is 26.0 Å². The van der Waals surface area contributed by atoms with E-state index in [1.807, 2.05) is 19.1 Å². The predicted molar refractivity (Wildman–Crippen MR) is 65.3 cm³/mol. The van der Waals surface area contributed by atoms with E-state index < -0.39 is 5.97 Å². The Kier molecular flexibility index (Phi) is 3.47. The van der Waals surface area contributed by atoms with Gasteiger partial charge in [-0.15, -0.1) is 0 Å². The molecule has 2 heterocycles. The zero-order chi connectivity index (χ0) is 13.0. The number of hydrogen-bond donors (Lipinski definition) is 2. The molecule has 0 aliphatic heterocycles. The van der Waals surface area contributed by atoms with Crippen LogP contribution in [0.2, 0.25) is 0 Å². The SMILES string of the molecule is CC(Nc1ncncc1C(=O)O)c1cccnc1. The van der Waals surface area contributed by atoms with Gasteiger partial charge in [0.15, 0.2) is 0 Å². The Morgan fingerprint density at radius 2 is 2.22 bits per heavy atom. The first kappa shape index (κ1) is 12.0. The molecule has 0 aliphatic rings. The number of rotatable bonds is 4. The van der Waals surface area contributed by atoms with Crippen LogP contribution in [0.4, 0.5) is 5.82 Å². The van der Waals surface area contributed by atoms with E-state index in [2.05, 4.69) is 20.3 Å². The molecule has 0 amide bonds. The molecule has 1 atom stereocenters. The number of carboxylic acid groups (broad SMARTS) is 1. The zero-order valence-electron chi connectivity index (χ0n) is 9.74. The molecule has 2 aromatic rings. The lowest BCUT2D eigenvalue weighted by molar-refractivity contribution is 0.0697. The molecule has 18 heavy (non-hydrogen) atoms. The molecule has 2 aromatic heterocycles. The number of nitrogens with one attached hydrogen (secondary N) is 1. The smallest absolute Gasteiger partial charge is 0.341 e. The average Bonchev–Trinajstić information content (AvgIpc) is 2.40. The first-order chi connectivity index (χ1) is 8.68. The van der Waals surface area contributed by atoms with E-state index in [-0.39, 0.29) is 11.6 Å². The summed E-state index contributed by atoms with van der Waals surface area (Å²) in [5.74, 6) is -0.759. The molecule has 1 unspecified atom stereocenters. The van der Waals surface area contributed by atoms with Crippen LogP contribution in [-0.2, 0) is 0 Å². The third-order valence-corrected chi connectivity index (χ3v) is 2.48. The third kappa shape index (κ3) is 2.60. The number of hydrogen-bond acceptors (Lipinski definition) is 5. The van der Waals surface area contributed by atoms with Crippen LogP contribution in [0, 0.1) is 0 Å². The van der Waals surface area contributed by atoms with Gasteiger partial charge in [0, 0.05) is 18.6 Å². The van der Waals surface area contributed by atoms with Crippen LogP contribution in [0.25, 0.3) is 0 Å². The summed E-state index contributed by atoms with van der Waals surface area (Å²) in [4.78, 5) is 22.7. The summed E-state index contributed by atoms with van der Waals surface area (Å²) in [6.07, 6.45) is 5.99. The molecule has 2 N–H and O–H groups in total. The number of pyridine rings is 1. The van der Waals surface area contributed by atoms with Gasteiger partial charge < -0.3 is 10.4 Å². The van der Waals surface area contributed by atoms with Crippen molar-refractivity contribution >= 4 is 11.8 Å². The van der Waals surface area contributed by atoms with E-state index in [1.165, 1.54) is 12.5 Å². The Bertz CT molecular complexity index is 545. The fourth-order valence-corrected chi connectivity index (χ4v) is 1.52. The Labute approximate surface area is 104 Å². The van der Waals surface area contributed by atoms with E-state index >= 15 is 0 Å². The summed E-state index contributed by atoms with van der Waals surface area (Å²) >= 11 is 0. The van der Waals surface area contributed by atoms with Gasteiger partial charge in [-0.3, -0.25) is 4.98 Å². The summed E-state index contributed by atoms with van der Waals surface area (Å²) < 4.78 is 0. The van der Waals surface area contributed by atoms with Gasteiger partial charge in [0.25, 0.3) is 0 Å². The minimum Gasteiger partial charge on any atom is -0.477 e. The van der Waals surface area contributed by atoms with Gasteiger partial charge in [0.2, 0.25) is 0 Å². The first-order valence-electron chi connectivity index (χ1n) is 5.38. The van der Waals surface area contributed by atoms with Gasteiger partial charge in [-0.2, -0.15) is 0 Å². The van der Waals surface area contributed by atoms with E-state index in [0.29, 0.717) is 5.82 Å². The Morgan fingerprint density at radius 1 is 1.39 bits per heavy atom. The van der Waals surface area contributed by atoms with Gasteiger partial charge in [-0.1, -0.05) is 6.07 Å². The maximum Gasteiger partial charge on any atom is 0.341 e. The largest absolute Gasteiger partial charge is 0.477 e. The molecule has 0 saturated heterocycles. The standard InChI is InChI=1S/C12H12N4O2/c1-8(9-3-2-4-13-5-9)16-11-10(12(17)18)6-14-7-15-11/h2-8H,1H3,(H,17,18)(H,14,15,16). The number of anilines is 1. The number of carboxylic acids is 1. The lowest BCUT2D eigenvalue weighted by atomic mass is 10.1. The molecule has 0 radical (unpaired) electrons. The lowest BCUT2D eigenvalue weighted by Crippen LogP contribution is -2.12. The van der Waals surface area contributed by atoms with Crippen molar-refractivity contribution in [3.8, 4) is 0 Å². The van der Waals surface area contributed by atoms with Crippen LogP contribution in [0.5, 0.6) is 0 Å². The summed E-state index contributed by atoms with van der Waals surface area (Å²) in [7, 11) is 0. The van der Waals surface area contributed by atoms with E-state index in [4.69, 9.17) is 5.11 Å². The van der Waals surface area contributed by atoms with Gasteiger partial charge >= 0.3 is 5.97 Å². The maximum atomic E-state index is 11.0. The molecule has 0 bridgehead atoms. The second-order valence-corrected chi connectivity index (χ2v) is 3.74. The maximum absolute atomic E-state index is 11.0. The van der Waals surface area contributed by atoms with E-state index in [1.54, 1.807) is 12.4 Å². The fraction of sp³-hybridized carbons (Fsp3) is 0.167. The lowest BCUT2D eigenvalue weighted by Gasteiger charge is -2.15. The van der Waals surface area contributed by atoms with E-state index in [0.717, 1.165) is 5.56 Å². The van der Waals surface area contributed by atoms with Gasteiger partial charge in [-0.25, -0.2) is 14.8 Å². The molecule has 6 heteroatoms. The highest BCUT2D eigenvalue weighted by Crippen LogP contribution is 2.19. The highest BCUT2D eigenvalue weighted by Gasteiger charge is 2.14. The molecule has 0 aromatic carbocycles. The second-order valence-electron chi connectivity index (χ2n) is 3.74. The van der Waals surface area contributed by atoms with E-state index in [9.17, 15) is 4.79 Å². The van der Waals surface area contributed by atoms with Crippen LogP contribution < -0.4 is 5.32 Å². The number of carbonyl (C=O) groups is 1. The number of aromatic nitrogens is 3. The Hall–Kier alpha value is -2.50. The first-order valence-corrected chi connectivity index (χ1v) is 5.38. The second kappa shape index (κ2) is 5.22. The summed E-state index contributed by atoms with van der Waals surface area (Å²) in [5, 5.41) is 12.1. The van der Waals surface area contributed by atoms with Crippen molar-refractivity contribution in [1.29, 1.82) is 0 Å². The Morgan fingerprint density at radius 3 is 2.89 bits per heavy atom. The monoisotopic (exact) mass is 244 g/mol. The van der Waals surface area contributed by atoms with Crippen LogP contribution in [0.1, 0.15) is 28.9 Å². The molecular formula is C12H12N4O2. The van der Waals surface area contributed by atoms with Gasteiger partial charge in [0.1, 0.15) is 17.7 Å². The summed E-state index contributed by atoms with van der Waals surface area (Å²) in [6, 6.07) is 3.64. The molecule has 0 fully saturated rings. The summed E-state index contributed by atoms with van der Waals surface area (Å²) in [5.41, 5.74) is 1.00. The predicted octanol–water partition coefficient (Wildman–Crippen LogP) is 1.74. The molecular weight excluding hydrogens is 232 g/mol. The molecule has 0 saturated carbocycles. The minimum absolute atomic E-state index is 0.0493. The highest BCUT2D eigenvalue weighted by molar-refractivity contribution is 5.92.